The van der Waals surface area contributed by atoms with Crippen LogP contribution in [-0.2, 0) is 16.4 Å². The van der Waals surface area contributed by atoms with Crippen molar-refractivity contribution in [3.8, 4) is 0 Å². The number of hydrogen-bond acceptors (Lipinski definition) is 4. The van der Waals surface area contributed by atoms with Gasteiger partial charge in [0.2, 0.25) is 0 Å². The Bertz CT molecular complexity index is 537. The average Bonchev–Trinajstić information content (AvgIpc) is 2.74. The second-order valence-corrected chi connectivity index (χ2v) is 7.74. The summed E-state index contributed by atoms with van der Waals surface area (Å²) < 4.78 is 62.3. The van der Waals surface area contributed by atoms with E-state index >= 15 is 0 Å². The van der Waals surface area contributed by atoms with Crippen molar-refractivity contribution in [2.24, 2.45) is 0 Å². The maximum atomic E-state index is 12.5. The van der Waals surface area contributed by atoms with Crippen LogP contribution in [0.3, 0.4) is 0 Å². The number of sulfonamides is 1. The maximum Gasteiger partial charge on any atom is 0.402 e. The summed E-state index contributed by atoms with van der Waals surface area (Å²) in [5, 5.41) is 8.78. The maximum absolute atomic E-state index is 12.5. The molecule has 0 amide bonds. The van der Waals surface area contributed by atoms with Gasteiger partial charge >= 0.3 is 6.18 Å². The summed E-state index contributed by atoms with van der Waals surface area (Å²) in [4.78, 5) is 0.613. The van der Waals surface area contributed by atoms with Crippen LogP contribution in [0.15, 0.2) is 16.3 Å². The molecule has 0 saturated heterocycles. The number of aliphatic hydroxyl groups excluding tert-OH is 1. The van der Waals surface area contributed by atoms with Crippen molar-refractivity contribution in [3.05, 3.63) is 17.0 Å². The van der Waals surface area contributed by atoms with E-state index in [9.17, 15) is 21.6 Å². The van der Waals surface area contributed by atoms with Gasteiger partial charge in [-0.2, -0.15) is 17.5 Å². The first-order chi connectivity index (χ1) is 9.08. The number of alkyl halides is 3. The fourth-order valence-electron chi connectivity index (χ4n) is 1.58. The van der Waals surface area contributed by atoms with Gasteiger partial charge in [0, 0.05) is 23.9 Å². The fourth-order valence-corrected chi connectivity index (χ4v) is 4.67. The van der Waals surface area contributed by atoms with Crippen LogP contribution in [0.25, 0.3) is 0 Å². The number of nitrogens with zero attached hydrogens (tertiary/aromatic N) is 1. The molecular formula is C11H16F3NO3S2. The van der Waals surface area contributed by atoms with Gasteiger partial charge in [0.15, 0.2) is 0 Å². The minimum absolute atomic E-state index is 0.140. The van der Waals surface area contributed by atoms with E-state index in [1.165, 1.54) is 26.0 Å². The molecule has 0 atom stereocenters. The van der Waals surface area contributed by atoms with Crippen LogP contribution in [0.2, 0.25) is 0 Å². The van der Waals surface area contributed by atoms with E-state index < -0.39 is 28.8 Å². The van der Waals surface area contributed by atoms with Crippen LogP contribution < -0.4 is 0 Å². The third-order valence-electron chi connectivity index (χ3n) is 2.47. The lowest BCUT2D eigenvalue weighted by atomic mass is 10.4. The molecule has 1 rings (SSSR count). The van der Waals surface area contributed by atoms with Crippen LogP contribution in [0.5, 0.6) is 0 Å². The van der Waals surface area contributed by atoms with Gasteiger partial charge in [-0.15, -0.1) is 11.3 Å². The molecule has 0 aromatic carbocycles. The van der Waals surface area contributed by atoms with Crippen molar-refractivity contribution in [1.29, 1.82) is 0 Å². The molecule has 0 radical (unpaired) electrons. The molecule has 0 aliphatic heterocycles. The molecule has 0 unspecified atom stereocenters. The lowest BCUT2D eigenvalue weighted by Crippen LogP contribution is -2.42. The van der Waals surface area contributed by atoms with E-state index in [4.69, 9.17) is 5.11 Å². The number of thiophene rings is 1. The Morgan fingerprint density at radius 2 is 1.95 bits per heavy atom. The van der Waals surface area contributed by atoms with Gasteiger partial charge in [-0.05, 0) is 26.0 Å². The minimum Gasteiger partial charge on any atom is -0.396 e. The molecule has 0 aliphatic rings. The molecule has 1 N–H and O–H groups in total. The van der Waals surface area contributed by atoms with E-state index in [1.807, 2.05) is 0 Å². The zero-order valence-electron chi connectivity index (χ0n) is 11.0. The van der Waals surface area contributed by atoms with Crippen LogP contribution in [0.4, 0.5) is 13.2 Å². The van der Waals surface area contributed by atoms with E-state index in [-0.39, 0.29) is 17.2 Å². The van der Waals surface area contributed by atoms with Crippen LogP contribution >= 0.6 is 11.3 Å². The molecule has 1 heterocycles. The SMILES string of the molecule is CC(C)N(CC(F)(F)F)S(=O)(=O)c1ccc(CCO)s1. The van der Waals surface area contributed by atoms with E-state index in [2.05, 4.69) is 0 Å². The third-order valence-corrected chi connectivity index (χ3v) is 6.10. The van der Waals surface area contributed by atoms with Crippen LogP contribution in [-0.4, -0.2) is 43.2 Å². The lowest BCUT2D eigenvalue weighted by Gasteiger charge is -2.26. The predicted molar refractivity (Wildman–Crippen MR) is 70.2 cm³/mol. The molecule has 0 aliphatic carbocycles. The Morgan fingerprint density at radius 3 is 2.40 bits per heavy atom. The van der Waals surface area contributed by atoms with Gasteiger partial charge in [0.1, 0.15) is 10.8 Å². The van der Waals surface area contributed by atoms with Crippen molar-refractivity contribution in [1.82, 2.24) is 4.31 Å². The first-order valence-corrected chi connectivity index (χ1v) is 8.11. The normalized spacial score (nSPS) is 13.4. The smallest absolute Gasteiger partial charge is 0.396 e. The van der Waals surface area contributed by atoms with Crippen LogP contribution in [0, 0.1) is 0 Å². The Labute approximate surface area is 119 Å². The number of hydrogen-bond donors (Lipinski definition) is 1. The minimum atomic E-state index is -4.59. The molecule has 1 aromatic heterocycles. The largest absolute Gasteiger partial charge is 0.402 e. The van der Waals surface area contributed by atoms with Crippen molar-refractivity contribution < 1.29 is 26.7 Å². The highest BCUT2D eigenvalue weighted by atomic mass is 32.2. The highest BCUT2D eigenvalue weighted by Gasteiger charge is 2.39. The van der Waals surface area contributed by atoms with Gasteiger partial charge < -0.3 is 5.11 Å². The van der Waals surface area contributed by atoms with Crippen molar-refractivity contribution >= 4 is 21.4 Å². The van der Waals surface area contributed by atoms with Gasteiger partial charge in [0.25, 0.3) is 10.0 Å². The molecule has 0 fully saturated rings. The Balaban J connectivity index is 3.09. The highest BCUT2D eigenvalue weighted by Crippen LogP contribution is 2.29. The Kier molecular flexibility index (Phi) is 5.59. The molecule has 0 bridgehead atoms. The molecule has 4 nitrogen and oxygen atoms in total. The third kappa shape index (κ3) is 4.44. The molecule has 1 aromatic rings. The fraction of sp³-hybridized carbons (Fsp3) is 0.636. The van der Waals surface area contributed by atoms with Gasteiger partial charge in [0.05, 0.1) is 0 Å². The lowest BCUT2D eigenvalue weighted by molar-refractivity contribution is -0.138. The van der Waals surface area contributed by atoms with Crippen molar-refractivity contribution in [3.63, 3.8) is 0 Å². The Morgan fingerprint density at radius 1 is 1.35 bits per heavy atom. The molecule has 116 valence electrons. The van der Waals surface area contributed by atoms with E-state index in [0.29, 0.717) is 9.18 Å². The first-order valence-electron chi connectivity index (χ1n) is 5.86. The standard InChI is InChI=1S/C11H16F3NO3S2/c1-8(2)15(7-11(12,13)14)20(17,18)10-4-3-9(19-10)5-6-16/h3-4,8,16H,5-7H2,1-2H3. The molecule has 20 heavy (non-hydrogen) atoms. The zero-order chi connectivity index (χ0) is 15.6. The molecule has 9 heteroatoms. The number of halogens is 3. The summed E-state index contributed by atoms with van der Waals surface area (Å²) in [7, 11) is -4.18. The second-order valence-electron chi connectivity index (χ2n) is 4.45. The highest BCUT2D eigenvalue weighted by molar-refractivity contribution is 7.91. The average molecular weight is 331 g/mol. The zero-order valence-corrected chi connectivity index (χ0v) is 12.6. The summed E-state index contributed by atoms with van der Waals surface area (Å²) in [5.41, 5.74) is 0. The van der Waals surface area contributed by atoms with Crippen molar-refractivity contribution in [2.75, 3.05) is 13.2 Å². The molecule has 0 spiro atoms. The van der Waals surface area contributed by atoms with Gasteiger partial charge in [-0.3, -0.25) is 0 Å². The summed E-state index contributed by atoms with van der Waals surface area (Å²) in [6.45, 7) is 1.13. The van der Waals surface area contributed by atoms with E-state index in [0.717, 1.165) is 11.3 Å². The summed E-state index contributed by atoms with van der Waals surface area (Å²) in [6, 6.07) is 1.97. The number of rotatable bonds is 6. The second kappa shape index (κ2) is 6.42. The molecule has 0 saturated carbocycles. The Hall–Kier alpha value is -0.640. The van der Waals surface area contributed by atoms with Crippen LogP contribution in [0.1, 0.15) is 18.7 Å². The summed E-state index contributed by atoms with van der Waals surface area (Å²) in [6.07, 6.45) is -4.32. The topological polar surface area (TPSA) is 57.6 Å². The monoisotopic (exact) mass is 331 g/mol. The quantitative estimate of drug-likeness (QED) is 0.870. The molecular weight excluding hydrogens is 315 g/mol. The summed E-state index contributed by atoms with van der Waals surface area (Å²) in [5.74, 6) is 0. The van der Waals surface area contributed by atoms with E-state index in [1.54, 1.807) is 0 Å². The number of aliphatic hydroxyl groups is 1. The predicted octanol–water partition coefficient (Wildman–Crippen LogP) is 2.24. The van der Waals surface area contributed by atoms with Gasteiger partial charge in [-0.1, -0.05) is 0 Å². The first kappa shape index (κ1) is 17.4. The van der Waals surface area contributed by atoms with Gasteiger partial charge in [-0.25, -0.2) is 8.42 Å². The van der Waals surface area contributed by atoms with Crippen molar-refractivity contribution in [2.45, 2.75) is 36.7 Å². The summed E-state index contributed by atoms with van der Waals surface area (Å²) >= 11 is 0.879.